The number of aryl methyl sites for hydroxylation is 2. The number of halogens is 1. The lowest BCUT2D eigenvalue weighted by Crippen LogP contribution is -2.11. The topological polar surface area (TPSA) is 43.4 Å². The number of hydrogen-bond acceptors (Lipinski definition) is 3. The minimum atomic E-state index is -3.83. The molecule has 0 fully saturated rings. The molecule has 2 rings (SSSR count). The first-order chi connectivity index (χ1) is 8.90. The van der Waals surface area contributed by atoms with Crippen LogP contribution in [0.4, 0.5) is 0 Å². The van der Waals surface area contributed by atoms with Crippen molar-refractivity contribution in [3.8, 4) is 5.75 Å². The van der Waals surface area contributed by atoms with Crippen LogP contribution in [0.2, 0.25) is 0 Å². The van der Waals surface area contributed by atoms with Gasteiger partial charge in [-0.3, -0.25) is 0 Å². The Morgan fingerprint density at radius 2 is 1.74 bits per heavy atom. The first kappa shape index (κ1) is 14.1. The van der Waals surface area contributed by atoms with Crippen LogP contribution in [0.3, 0.4) is 0 Å². The summed E-state index contributed by atoms with van der Waals surface area (Å²) >= 11 is 3.22. The second-order valence-corrected chi connectivity index (χ2v) is 6.61. The molecule has 0 aliphatic carbocycles. The van der Waals surface area contributed by atoms with E-state index in [1.54, 1.807) is 24.3 Å². The van der Waals surface area contributed by atoms with Gasteiger partial charge >= 0.3 is 10.1 Å². The average molecular weight is 341 g/mol. The van der Waals surface area contributed by atoms with E-state index in [-0.39, 0.29) is 4.90 Å². The van der Waals surface area contributed by atoms with Gasteiger partial charge in [-0.2, -0.15) is 8.42 Å². The van der Waals surface area contributed by atoms with Crippen molar-refractivity contribution < 1.29 is 12.6 Å². The highest BCUT2D eigenvalue weighted by Crippen LogP contribution is 2.27. The Morgan fingerprint density at radius 1 is 1.05 bits per heavy atom. The van der Waals surface area contributed by atoms with E-state index < -0.39 is 10.1 Å². The van der Waals surface area contributed by atoms with Crippen LogP contribution in [0, 0.1) is 13.8 Å². The maximum atomic E-state index is 12.2. The zero-order valence-corrected chi connectivity index (χ0v) is 13.0. The lowest BCUT2D eigenvalue weighted by molar-refractivity contribution is 0.483. The van der Waals surface area contributed by atoms with E-state index in [2.05, 4.69) is 15.9 Å². The van der Waals surface area contributed by atoms with Crippen molar-refractivity contribution in [3.63, 3.8) is 0 Å². The summed E-state index contributed by atoms with van der Waals surface area (Å²) in [6, 6.07) is 12.0. The molecule has 2 aromatic carbocycles. The van der Waals surface area contributed by atoms with Crippen molar-refractivity contribution in [3.05, 3.63) is 58.1 Å². The quantitative estimate of drug-likeness (QED) is 0.797. The average Bonchev–Trinajstić information content (AvgIpc) is 2.34. The van der Waals surface area contributed by atoms with Gasteiger partial charge in [-0.05, 0) is 59.1 Å². The minimum Gasteiger partial charge on any atom is -0.379 e. The fraction of sp³-hybridized carbons (Fsp3) is 0.143. The Kier molecular flexibility index (Phi) is 3.96. The van der Waals surface area contributed by atoms with Crippen LogP contribution in [-0.2, 0) is 10.1 Å². The van der Waals surface area contributed by atoms with E-state index in [4.69, 9.17) is 4.18 Å². The summed E-state index contributed by atoms with van der Waals surface area (Å²) in [5.41, 5.74) is 1.73. The molecule has 0 heterocycles. The highest BCUT2D eigenvalue weighted by Gasteiger charge is 2.20. The summed E-state index contributed by atoms with van der Waals surface area (Å²) in [7, 11) is -3.83. The molecule has 0 atom stereocenters. The zero-order chi connectivity index (χ0) is 14.0. The van der Waals surface area contributed by atoms with E-state index in [1.165, 1.54) is 6.07 Å². The van der Waals surface area contributed by atoms with Crippen molar-refractivity contribution in [1.29, 1.82) is 0 Å². The molecular weight excluding hydrogens is 328 g/mol. The summed E-state index contributed by atoms with van der Waals surface area (Å²) in [4.78, 5) is 0.121. The van der Waals surface area contributed by atoms with Crippen molar-refractivity contribution in [2.24, 2.45) is 0 Å². The molecular formula is C14H13BrO3S. The van der Waals surface area contributed by atoms with Gasteiger partial charge in [0.1, 0.15) is 10.6 Å². The fourth-order valence-electron chi connectivity index (χ4n) is 1.61. The van der Waals surface area contributed by atoms with E-state index in [9.17, 15) is 8.42 Å². The van der Waals surface area contributed by atoms with Gasteiger partial charge in [0.25, 0.3) is 0 Å². The monoisotopic (exact) mass is 340 g/mol. The smallest absolute Gasteiger partial charge is 0.340 e. The summed E-state index contributed by atoms with van der Waals surface area (Å²) in [5.74, 6) is 0.357. The second-order valence-electron chi connectivity index (χ2n) is 4.24. The van der Waals surface area contributed by atoms with Crippen molar-refractivity contribution in [1.82, 2.24) is 0 Å². The first-order valence-electron chi connectivity index (χ1n) is 5.66. The Hall–Kier alpha value is -1.33. The maximum Gasteiger partial charge on any atom is 0.340 e. The Labute approximate surface area is 121 Å². The Balaban J connectivity index is 2.43. The third-order valence-corrected chi connectivity index (χ3v) is 4.90. The first-order valence-corrected chi connectivity index (χ1v) is 7.86. The van der Waals surface area contributed by atoms with Crippen LogP contribution in [0.25, 0.3) is 0 Å². The molecule has 0 amide bonds. The van der Waals surface area contributed by atoms with Gasteiger partial charge in [0.2, 0.25) is 0 Å². The molecule has 0 radical (unpaired) electrons. The molecule has 19 heavy (non-hydrogen) atoms. The van der Waals surface area contributed by atoms with Crippen molar-refractivity contribution in [2.75, 3.05) is 0 Å². The largest absolute Gasteiger partial charge is 0.379 e. The van der Waals surface area contributed by atoms with E-state index >= 15 is 0 Å². The van der Waals surface area contributed by atoms with Crippen molar-refractivity contribution >= 4 is 26.0 Å². The molecule has 0 saturated heterocycles. The van der Waals surface area contributed by atoms with Gasteiger partial charge in [0, 0.05) is 4.47 Å². The molecule has 0 aliphatic heterocycles. The van der Waals surface area contributed by atoms with Gasteiger partial charge in [0.05, 0.1) is 0 Å². The molecule has 2 aromatic rings. The standard InChI is InChI=1S/C14H13BrO3S/c1-10-7-8-11(2)13(9-10)18-19(16,17)14-6-4-3-5-12(14)15/h3-9H,1-2H3. The molecule has 0 bridgehead atoms. The summed E-state index contributed by atoms with van der Waals surface area (Å²) in [5, 5.41) is 0. The summed E-state index contributed by atoms with van der Waals surface area (Å²) in [6.07, 6.45) is 0. The molecule has 0 aliphatic rings. The molecule has 3 nitrogen and oxygen atoms in total. The van der Waals surface area contributed by atoms with Crippen LogP contribution in [0.5, 0.6) is 5.75 Å². The zero-order valence-electron chi connectivity index (χ0n) is 10.6. The van der Waals surface area contributed by atoms with Gasteiger partial charge in [0.15, 0.2) is 0 Å². The maximum absolute atomic E-state index is 12.2. The van der Waals surface area contributed by atoms with Crippen LogP contribution in [-0.4, -0.2) is 8.42 Å². The van der Waals surface area contributed by atoms with E-state index in [0.29, 0.717) is 10.2 Å². The number of hydrogen-bond donors (Lipinski definition) is 0. The molecule has 0 spiro atoms. The molecule has 100 valence electrons. The minimum absolute atomic E-state index is 0.121. The highest BCUT2D eigenvalue weighted by molar-refractivity contribution is 9.10. The van der Waals surface area contributed by atoms with Crippen LogP contribution < -0.4 is 4.18 Å². The Bertz CT molecular complexity index is 708. The van der Waals surface area contributed by atoms with Gasteiger partial charge < -0.3 is 4.18 Å². The molecule has 0 N–H and O–H groups in total. The van der Waals surface area contributed by atoms with Crippen LogP contribution in [0.15, 0.2) is 51.8 Å². The molecule has 0 aromatic heterocycles. The predicted octanol–water partition coefficient (Wildman–Crippen LogP) is 3.83. The lowest BCUT2D eigenvalue weighted by atomic mass is 10.1. The third-order valence-electron chi connectivity index (χ3n) is 2.65. The predicted molar refractivity (Wildman–Crippen MR) is 77.9 cm³/mol. The van der Waals surface area contributed by atoms with Crippen LogP contribution in [0.1, 0.15) is 11.1 Å². The van der Waals surface area contributed by atoms with E-state index in [1.807, 2.05) is 26.0 Å². The normalized spacial score (nSPS) is 11.3. The second kappa shape index (κ2) is 5.35. The van der Waals surface area contributed by atoms with E-state index in [0.717, 1.165) is 11.1 Å². The van der Waals surface area contributed by atoms with Gasteiger partial charge in [-0.15, -0.1) is 0 Å². The molecule has 0 saturated carbocycles. The van der Waals surface area contributed by atoms with Gasteiger partial charge in [-0.1, -0.05) is 24.3 Å². The third kappa shape index (κ3) is 3.16. The Morgan fingerprint density at radius 3 is 2.42 bits per heavy atom. The summed E-state index contributed by atoms with van der Waals surface area (Å²) in [6.45, 7) is 3.70. The SMILES string of the molecule is Cc1ccc(C)c(OS(=O)(=O)c2ccccc2Br)c1. The molecule has 0 unspecified atom stereocenters. The van der Waals surface area contributed by atoms with Crippen molar-refractivity contribution in [2.45, 2.75) is 18.7 Å². The number of benzene rings is 2. The fourth-order valence-corrected chi connectivity index (χ4v) is 3.55. The lowest BCUT2D eigenvalue weighted by Gasteiger charge is -2.11. The molecule has 5 heteroatoms. The summed E-state index contributed by atoms with van der Waals surface area (Å²) < 4.78 is 30.2. The highest BCUT2D eigenvalue weighted by atomic mass is 79.9. The number of rotatable bonds is 3. The van der Waals surface area contributed by atoms with Crippen LogP contribution >= 0.6 is 15.9 Å². The van der Waals surface area contributed by atoms with Gasteiger partial charge in [-0.25, -0.2) is 0 Å².